The van der Waals surface area contributed by atoms with Gasteiger partial charge in [-0.1, -0.05) is 5.16 Å². The van der Waals surface area contributed by atoms with Crippen LogP contribution in [0.3, 0.4) is 0 Å². The molecule has 0 saturated carbocycles. The third-order valence-corrected chi connectivity index (χ3v) is 6.13. The van der Waals surface area contributed by atoms with Crippen molar-refractivity contribution in [3.05, 3.63) is 47.7 Å². The van der Waals surface area contributed by atoms with Crippen molar-refractivity contribution >= 4 is 51.9 Å². The number of thioether (sulfide) groups is 1. The van der Waals surface area contributed by atoms with E-state index in [1.165, 1.54) is 35.0 Å². The highest BCUT2D eigenvalue weighted by atomic mass is 32.2. The number of nitrogens with two attached hydrogens (primary N) is 1. The summed E-state index contributed by atoms with van der Waals surface area (Å²) in [4.78, 5) is 46.7. The summed E-state index contributed by atoms with van der Waals surface area (Å²) >= 11 is 2.05. The zero-order valence-electron chi connectivity index (χ0n) is 15.4. The van der Waals surface area contributed by atoms with Crippen molar-refractivity contribution in [2.75, 3.05) is 11.5 Å². The van der Waals surface area contributed by atoms with Gasteiger partial charge in [0.25, 0.3) is 11.8 Å². The molecular weight excluding hydrogens is 451 g/mol. The molecule has 1 aromatic carbocycles. The Bertz CT molecular complexity index is 1120. The molecule has 2 atom stereocenters. The van der Waals surface area contributed by atoms with Crippen LogP contribution < -0.4 is 15.9 Å². The van der Waals surface area contributed by atoms with Crippen LogP contribution in [-0.2, 0) is 14.4 Å². The topological polar surface area (TPSA) is 160 Å². The third kappa shape index (κ3) is 4.20. The van der Waals surface area contributed by atoms with Crippen molar-refractivity contribution in [3.63, 3.8) is 0 Å². The van der Waals surface area contributed by atoms with Gasteiger partial charge >= 0.3 is 5.97 Å². The number of nitrogen functional groups attached to an aromatic ring is 1. The summed E-state index contributed by atoms with van der Waals surface area (Å²) in [5, 5.41) is 15.0. The maximum absolute atomic E-state index is 13.0. The van der Waals surface area contributed by atoms with Gasteiger partial charge in [0.15, 0.2) is 10.9 Å². The quantitative estimate of drug-likeness (QED) is 0.312. The lowest BCUT2D eigenvalue weighted by Crippen LogP contribution is -2.69. The molecule has 1 unspecified atom stereocenters. The molecule has 0 spiro atoms. The van der Waals surface area contributed by atoms with E-state index in [4.69, 9.17) is 15.7 Å². The van der Waals surface area contributed by atoms with E-state index in [1.807, 2.05) is 0 Å². The largest absolute Gasteiger partial charge is 0.478 e. The van der Waals surface area contributed by atoms with Crippen molar-refractivity contribution in [2.45, 2.75) is 11.4 Å². The number of β-lactam (4-membered cyclic amide) rings is 1. The number of carbonyl (C=O) groups is 3. The van der Waals surface area contributed by atoms with Gasteiger partial charge in [-0.3, -0.25) is 9.59 Å². The van der Waals surface area contributed by atoms with Gasteiger partial charge in [-0.25, -0.2) is 9.18 Å². The minimum absolute atomic E-state index is 0.0940. The van der Waals surface area contributed by atoms with Crippen LogP contribution in [0.4, 0.5) is 9.52 Å². The van der Waals surface area contributed by atoms with E-state index in [0.29, 0.717) is 0 Å². The fourth-order valence-electron chi connectivity index (χ4n) is 2.75. The molecule has 160 valence electrons. The van der Waals surface area contributed by atoms with Gasteiger partial charge < -0.3 is 25.9 Å². The number of hydrogen-bond acceptors (Lipinski definition) is 10. The van der Waals surface area contributed by atoms with Crippen LogP contribution in [0.2, 0.25) is 0 Å². The summed E-state index contributed by atoms with van der Waals surface area (Å²) in [6, 6.07) is 4.05. The number of rotatable bonds is 6. The van der Waals surface area contributed by atoms with E-state index in [9.17, 15) is 18.8 Å². The molecule has 4 N–H and O–H groups in total. The Hall–Kier alpha value is -3.52. The molecule has 2 aliphatic rings. The summed E-state index contributed by atoms with van der Waals surface area (Å²) in [6.07, 6.45) is 1.27. The number of carbonyl (C=O) groups excluding carboxylic acids is 2. The Kier molecular flexibility index (Phi) is 5.56. The van der Waals surface area contributed by atoms with Crippen molar-refractivity contribution in [1.29, 1.82) is 0 Å². The number of carboxylic acids is 1. The predicted molar refractivity (Wildman–Crippen MR) is 109 cm³/mol. The van der Waals surface area contributed by atoms with Gasteiger partial charge in [-0.2, -0.15) is 9.36 Å². The second kappa shape index (κ2) is 8.31. The number of aliphatic carboxylic acids is 1. The number of oxime groups is 1. The summed E-state index contributed by atoms with van der Waals surface area (Å²) in [7, 11) is 0. The Morgan fingerprint density at radius 1 is 1.35 bits per heavy atom. The zero-order chi connectivity index (χ0) is 22.1. The van der Waals surface area contributed by atoms with E-state index < -0.39 is 35.0 Å². The van der Waals surface area contributed by atoms with Crippen molar-refractivity contribution in [1.82, 2.24) is 19.6 Å². The molecule has 2 aliphatic heterocycles. The smallest absolute Gasteiger partial charge is 0.333 e. The Morgan fingerprint density at radius 3 is 2.74 bits per heavy atom. The van der Waals surface area contributed by atoms with Gasteiger partial charge in [0.1, 0.15) is 17.2 Å². The van der Waals surface area contributed by atoms with Crippen LogP contribution in [0.1, 0.15) is 5.82 Å². The van der Waals surface area contributed by atoms with Crippen molar-refractivity contribution in [3.8, 4) is 5.75 Å². The second-order valence-corrected chi connectivity index (χ2v) is 8.19. The van der Waals surface area contributed by atoms with Crippen LogP contribution in [-0.4, -0.2) is 60.0 Å². The van der Waals surface area contributed by atoms with Gasteiger partial charge in [0.05, 0.1) is 5.57 Å². The summed E-state index contributed by atoms with van der Waals surface area (Å²) in [5.41, 5.74) is 5.35. The van der Waals surface area contributed by atoms with Gasteiger partial charge in [-0.05, 0) is 24.3 Å². The van der Waals surface area contributed by atoms with E-state index >= 15 is 0 Å². The summed E-state index contributed by atoms with van der Waals surface area (Å²) in [5.74, 6) is -2.58. The highest BCUT2D eigenvalue weighted by molar-refractivity contribution is 8.00. The SMILES string of the molecule is Nc1nc(C(=NOc2ccc(F)cc2)C(=O)NC2C(=O)N3C=C(C(=O)O)CS[C@H]23)ns1. The number of nitrogens with zero attached hydrogens (tertiary/aromatic N) is 4. The average Bonchev–Trinajstić information content (AvgIpc) is 3.18. The third-order valence-electron chi connectivity index (χ3n) is 4.27. The fraction of sp³-hybridized carbons (Fsp3) is 0.176. The predicted octanol–water partition coefficient (Wildman–Crippen LogP) is 0.411. The Labute approximate surface area is 181 Å². The van der Waals surface area contributed by atoms with Crippen LogP contribution in [0, 0.1) is 5.82 Å². The lowest BCUT2D eigenvalue weighted by Gasteiger charge is -2.46. The van der Waals surface area contributed by atoms with E-state index in [1.54, 1.807) is 0 Å². The molecule has 11 nitrogen and oxygen atoms in total. The van der Waals surface area contributed by atoms with Crippen LogP contribution >= 0.6 is 23.3 Å². The normalized spacial score (nSPS) is 20.4. The Balaban J connectivity index is 1.52. The molecule has 1 saturated heterocycles. The number of benzene rings is 1. The highest BCUT2D eigenvalue weighted by Crippen LogP contribution is 2.36. The van der Waals surface area contributed by atoms with Crippen LogP contribution in [0.25, 0.3) is 0 Å². The molecule has 0 bridgehead atoms. The van der Waals surface area contributed by atoms with E-state index in [2.05, 4.69) is 19.8 Å². The number of carboxylic acid groups (broad SMARTS) is 1. The van der Waals surface area contributed by atoms with E-state index in [0.717, 1.165) is 23.7 Å². The number of aromatic nitrogens is 2. The average molecular weight is 464 g/mol. The van der Waals surface area contributed by atoms with Gasteiger partial charge in [0, 0.05) is 23.5 Å². The minimum Gasteiger partial charge on any atom is -0.478 e. The lowest BCUT2D eigenvalue weighted by molar-refractivity contribution is -0.144. The highest BCUT2D eigenvalue weighted by Gasteiger charge is 2.50. The minimum atomic E-state index is -1.11. The molecule has 2 aromatic rings. The monoisotopic (exact) mass is 464 g/mol. The summed E-state index contributed by atoms with van der Waals surface area (Å²) < 4.78 is 17.0. The first-order valence-electron chi connectivity index (χ1n) is 8.62. The van der Waals surface area contributed by atoms with Crippen LogP contribution in [0.15, 0.2) is 41.2 Å². The van der Waals surface area contributed by atoms with Gasteiger partial charge in [-0.15, -0.1) is 11.8 Å². The van der Waals surface area contributed by atoms with E-state index in [-0.39, 0.29) is 33.7 Å². The first-order chi connectivity index (χ1) is 14.8. The second-order valence-electron chi connectivity index (χ2n) is 6.30. The molecule has 3 heterocycles. The van der Waals surface area contributed by atoms with Gasteiger partial charge in [0.2, 0.25) is 11.5 Å². The molecular formula is C17H13FN6O5S2. The molecule has 0 aliphatic carbocycles. The molecule has 14 heteroatoms. The molecule has 0 radical (unpaired) electrons. The number of halogens is 1. The number of hydrogen-bond donors (Lipinski definition) is 3. The Morgan fingerprint density at radius 2 is 2.10 bits per heavy atom. The molecule has 1 aromatic heterocycles. The number of fused-ring (bicyclic) bond motifs is 1. The first-order valence-corrected chi connectivity index (χ1v) is 10.4. The molecule has 31 heavy (non-hydrogen) atoms. The standard InChI is InChI=1S/C17H13FN6O5S2/c18-8-1-3-9(4-2-8)29-22-10(12-21-17(19)31-23-12)13(25)20-11-14(26)24-5-7(16(27)28)6-30-15(11)24/h1-5,11,15H,6H2,(H,20,25)(H,27,28)(H2,19,21,23)/t11?,15-/m1/s1. The van der Waals surface area contributed by atoms with Crippen molar-refractivity contribution in [2.24, 2.45) is 5.16 Å². The lowest BCUT2D eigenvalue weighted by atomic mass is 10.1. The number of amides is 2. The maximum atomic E-state index is 13.0. The van der Waals surface area contributed by atoms with Crippen LogP contribution in [0.5, 0.6) is 5.75 Å². The maximum Gasteiger partial charge on any atom is 0.333 e. The number of nitrogens with one attached hydrogen (secondary N) is 1. The number of anilines is 1. The molecule has 1 fully saturated rings. The summed E-state index contributed by atoms with van der Waals surface area (Å²) in [6.45, 7) is 0. The first kappa shape index (κ1) is 20.7. The molecule has 4 rings (SSSR count). The fourth-order valence-corrected chi connectivity index (χ4v) is 4.43. The molecule has 2 amide bonds. The zero-order valence-corrected chi connectivity index (χ0v) is 17.0. The van der Waals surface area contributed by atoms with Crippen molar-refractivity contribution < 1.29 is 28.7 Å².